The van der Waals surface area contributed by atoms with Crippen molar-refractivity contribution in [3.8, 4) is 11.8 Å². The second kappa shape index (κ2) is 7.73. The second-order valence-corrected chi connectivity index (χ2v) is 4.84. The van der Waals surface area contributed by atoms with Crippen LogP contribution in [0.15, 0.2) is 30.6 Å². The Kier molecular flexibility index (Phi) is 5.46. The third-order valence-corrected chi connectivity index (χ3v) is 3.20. The van der Waals surface area contributed by atoms with Gasteiger partial charge in [-0.3, -0.25) is 9.59 Å². The van der Waals surface area contributed by atoms with E-state index in [1.807, 2.05) is 0 Å². The Labute approximate surface area is 138 Å². The predicted molar refractivity (Wildman–Crippen MR) is 83.9 cm³/mol. The number of anilines is 1. The van der Waals surface area contributed by atoms with E-state index in [0.29, 0.717) is 11.4 Å². The van der Waals surface area contributed by atoms with Crippen molar-refractivity contribution >= 4 is 17.5 Å². The van der Waals surface area contributed by atoms with E-state index in [-0.39, 0.29) is 31.2 Å². The zero-order valence-corrected chi connectivity index (χ0v) is 13.0. The van der Waals surface area contributed by atoms with Crippen LogP contribution >= 0.6 is 0 Å². The van der Waals surface area contributed by atoms with Crippen LogP contribution in [0.3, 0.4) is 0 Å². The average Bonchev–Trinajstić information content (AvgIpc) is 3.03. The first kappa shape index (κ1) is 17.0. The minimum atomic E-state index is -0.506. The number of benzene rings is 1. The first-order valence-corrected chi connectivity index (χ1v) is 7.05. The number of ether oxygens (including phenoxy) is 1. The minimum absolute atomic E-state index is 0.0177. The maximum atomic E-state index is 12.5. The molecule has 0 bridgehead atoms. The lowest BCUT2D eigenvalue weighted by atomic mass is 10.2. The summed E-state index contributed by atoms with van der Waals surface area (Å²) in [5.74, 6) is -0.184. The van der Waals surface area contributed by atoms with Crippen LogP contribution in [-0.4, -0.2) is 40.2 Å². The molecule has 9 nitrogen and oxygen atoms in total. The van der Waals surface area contributed by atoms with Gasteiger partial charge in [0.25, 0.3) is 5.82 Å². The van der Waals surface area contributed by atoms with Crippen LogP contribution in [0.25, 0.3) is 0 Å². The van der Waals surface area contributed by atoms with Crippen molar-refractivity contribution in [3.63, 3.8) is 0 Å². The molecule has 9 heteroatoms. The molecule has 124 valence electrons. The molecule has 0 aliphatic heterocycles. The molecule has 0 atom stereocenters. The van der Waals surface area contributed by atoms with E-state index in [1.165, 1.54) is 15.9 Å². The minimum Gasteiger partial charge on any atom is -0.497 e. The van der Waals surface area contributed by atoms with Gasteiger partial charge in [-0.2, -0.15) is 5.26 Å². The number of nitrogens with two attached hydrogens (primary N) is 1. The number of hydrogen-bond donors (Lipinski definition) is 1. The number of carbonyl (C=O) groups excluding carboxylic acids is 2. The molecule has 0 unspecified atom stereocenters. The molecular weight excluding hydrogens is 312 g/mol. The molecule has 2 aromatic rings. The molecule has 2 rings (SSSR count). The number of amides is 2. The van der Waals surface area contributed by atoms with Crippen LogP contribution in [0, 0.1) is 11.3 Å². The number of carbonyl (C=O) groups is 2. The number of rotatable bonds is 7. The molecule has 1 aromatic carbocycles. The van der Waals surface area contributed by atoms with E-state index in [2.05, 4.69) is 10.1 Å². The highest BCUT2D eigenvalue weighted by Gasteiger charge is 2.18. The van der Waals surface area contributed by atoms with Crippen molar-refractivity contribution in [2.75, 3.05) is 18.6 Å². The van der Waals surface area contributed by atoms with E-state index in [1.54, 1.807) is 37.4 Å². The van der Waals surface area contributed by atoms with E-state index < -0.39 is 5.91 Å². The molecule has 1 aromatic heterocycles. The van der Waals surface area contributed by atoms with Crippen LogP contribution in [0.2, 0.25) is 0 Å². The van der Waals surface area contributed by atoms with Crippen LogP contribution in [-0.2, 0) is 16.1 Å². The first-order valence-electron chi connectivity index (χ1n) is 7.05. The molecule has 2 N–H and O–H groups in total. The number of aromatic nitrogens is 3. The molecule has 0 aliphatic carbocycles. The molecule has 0 aliphatic rings. The lowest BCUT2D eigenvalue weighted by Crippen LogP contribution is -2.36. The zero-order chi connectivity index (χ0) is 17.5. The zero-order valence-electron chi connectivity index (χ0n) is 13.0. The van der Waals surface area contributed by atoms with Crippen LogP contribution < -0.4 is 15.4 Å². The van der Waals surface area contributed by atoms with Crippen molar-refractivity contribution in [2.45, 2.75) is 13.0 Å². The lowest BCUT2D eigenvalue weighted by molar-refractivity contribution is -0.119. The van der Waals surface area contributed by atoms with E-state index in [9.17, 15) is 9.59 Å². The van der Waals surface area contributed by atoms with Crippen molar-refractivity contribution in [1.29, 1.82) is 5.26 Å². The Morgan fingerprint density at radius 2 is 2.08 bits per heavy atom. The Morgan fingerprint density at radius 1 is 1.38 bits per heavy atom. The fourth-order valence-corrected chi connectivity index (χ4v) is 2.03. The van der Waals surface area contributed by atoms with Gasteiger partial charge in [-0.1, -0.05) is 0 Å². The highest BCUT2D eigenvalue weighted by Crippen LogP contribution is 2.20. The molecular formula is C15H16N6O3. The predicted octanol–water partition coefficient (Wildman–Crippen LogP) is 0.0670. The summed E-state index contributed by atoms with van der Waals surface area (Å²) < 4.78 is 6.35. The summed E-state index contributed by atoms with van der Waals surface area (Å²) in [5.41, 5.74) is 5.78. The number of methoxy groups -OCH3 is 1. The first-order chi connectivity index (χ1) is 11.5. The van der Waals surface area contributed by atoms with Gasteiger partial charge in [0.15, 0.2) is 0 Å². The van der Waals surface area contributed by atoms with Gasteiger partial charge in [0.2, 0.25) is 11.8 Å². The molecule has 1 heterocycles. The van der Waals surface area contributed by atoms with Crippen molar-refractivity contribution < 1.29 is 14.3 Å². The van der Waals surface area contributed by atoms with Crippen LogP contribution in [0.5, 0.6) is 5.75 Å². The summed E-state index contributed by atoms with van der Waals surface area (Å²) >= 11 is 0. The van der Waals surface area contributed by atoms with E-state index in [0.717, 1.165) is 0 Å². The Hall–Kier alpha value is -3.41. The van der Waals surface area contributed by atoms with Crippen molar-refractivity contribution in [2.24, 2.45) is 5.73 Å². The fraction of sp³-hybridized carbons (Fsp3) is 0.267. The number of hydrogen-bond acceptors (Lipinski definition) is 6. The Bertz CT molecular complexity index is 762. The molecule has 0 spiro atoms. The van der Waals surface area contributed by atoms with Gasteiger partial charge in [-0.25, -0.2) is 9.67 Å². The molecule has 0 fully saturated rings. The molecule has 0 saturated carbocycles. The van der Waals surface area contributed by atoms with Crippen LogP contribution in [0.1, 0.15) is 12.2 Å². The summed E-state index contributed by atoms with van der Waals surface area (Å²) in [6, 6.07) is 8.63. The number of nitriles is 1. The third kappa shape index (κ3) is 4.30. The van der Waals surface area contributed by atoms with Gasteiger partial charge in [-0.15, -0.1) is 5.10 Å². The second-order valence-electron chi connectivity index (χ2n) is 4.84. The number of nitrogens with zero attached hydrogens (tertiary/aromatic N) is 5. The lowest BCUT2D eigenvalue weighted by Gasteiger charge is -2.22. The highest BCUT2D eigenvalue weighted by atomic mass is 16.5. The molecule has 0 radical (unpaired) electrons. The molecule has 24 heavy (non-hydrogen) atoms. The van der Waals surface area contributed by atoms with Gasteiger partial charge in [0.1, 0.15) is 24.7 Å². The van der Waals surface area contributed by atoms with Gasteiger partial charge < -0.3 is 15.4 Å². The van der Waals surface area contributed by atoms with Gasteiger partial charge in [0, 0.05) is 18.7 Å². The maximum absolute atomic E-state index is 12.5. The van der Waals surface area contributed by atoms with Gasteiger partial charge >= 0.3 is 0 Å². The Balaban J connectivity index is 2.18. The summed E-state index contributed by atoms with van der Waals surface area (Å²) in [5, 5.41) is 12.6. The van der Waals surface area contributed by atoms with Crippen molar-refractivity contribution in [1.82, 2.24) is 14.8 Å². The molecule has 2 amide bonds. The monoisotopic (exact) mass is 328 g/mol. The third-order valence-electron chi connectivity index (χ3n) is 3.20. The normalized spacial score (nSPS) is 10.0. The number of primary amides is 1. The highest BCUT2D eigenvalue weighted by molar-refractivity contribution is 5.93. The fourth-order valence-electron chi connectivity index (χ4n) is 2.03. The summed E-state index contributed by atoms with van der Waals surface area (Å²) in [6.07, 6.45) is 1.33. The largest absolute Gasteiger partial charge is 0.497 e. The standard InChI is InChI=1S/C15H16N6O3/c1-24-12-4-2-11(3-5-12)21(7-6-13(17)22)15(23)9-20-10-18-14(8-16)19-20/h2-5,10H,6-7,9H2,1H3,(H2,17,22). The SMILES string of the molecule is COc1ccc(N(CCC(N)=O)C(=O)Cn2cnc(C#N)n2)cc1. The average molecular weight is 328 g/mol. The van der Waals surface area contributed by atoms with Crippen molar-refractivity contribution in [3.05, 3.63) is 36.4 Å². The topological polar surface area (TPSA) is 127 Å². The maximum Gasteiger partial charge on any atom is 0.252 e. The Morgan fingerprint density at radius 3 is 2.62 bits per heavy atom. The van der Waals surface area contributed by atoms with E-state index >= 15 is 0 Å². The summed E-state index contributed by atoms with van der Waals surface area (Å²) in [7, 11) is 1.54. The smallest absolute Gasteiger partial charge is 0.252 e. The van der Waals surface area contributed by atoms with E-state index in [4.69, 9.17) is 15.7 Å². The molecule has 0 saturated heterocycles. The summed E-state index contributed by atoms with van der Waals surface area (Å²) in [4.78, 5) is 28.8. The quantitative estimate of drug-likeness (QED) is 0.766. The van der Waals surface area contributed by atoms with Gasteiger partial charge in [0.05, 0.1) is 7.11 Å². The van der Waals surface area contributed by atoms with Crippen LogP contribution in [0.4, 0.5) is 5.69 Å². The summed E-state index contributed by atoms with van der Waals surface area (Å²) in [6.45, 7) is 0.0276. The van der Waals surface area contributed by atoms with Gasteiger partial charge in [-0.05, 0) is 24.3 Å².